The number of hydrogen-bond acceptors (Lipinski definition) is 6. The summed E-state index contributed by atoms with van der Waals surface area (Å²) in [6.07, 6.45) is 0.630. The van der Waals surface area contributed by atoms with E-state index in [0.717, 1.165) is 0 Å². The van der Waals surface area contributed by atoms with Gasteiger partial charge < -0.3 is 31.1 Å². The minimum atomic E-state index is -1.26. The van der Waals surface area contributed by atoms with Crippen molar-refractivity contribution in [1.29, 1.82) is 0 Å². The summed E-state index contributed by atoms with van der Waals surface area (Å²) >= 11 is 0. The summed E-state index contributed by atoms with van der Waals surface area (Å²) in [5.41, 5.74) is 5.71. The third-order valence-electron chi connectivity index (χ3n) is 4.79. The number of amides is 3. The largest absolute Gasteiger partial charge is 0.491 e. The minimum Gasteiger partial charge on any atom is -0.491 e. The highest BCUT2D eigenvalue weighted by Gasteiger charge is 2.27. The zero-order valence-corrected chi connectivity index (χ0v) is 16.9. The van der Waals surface area contributed by atoms with Gasteiger partial charge in [-0.2, -0.15) is 0 Å². The molecule has 0 saturated carbocycles. The fourth-order valence-corrected chi connectivity index (χ4v) is 3.06. The lowest BCUT2D eigenvalue weighted by molar-refractivity contribution is -0.140. The molecular weight excluding hydrogens is 392 g/mol. The van der Waals surface area contributed by atoms with Crippen LogP contribution in [0.25, 0.3) is 0 Å². The smallest absolute Gasteiger partial charge is 0.326 e. The Balaban J connectivity index is 2.28. The number of carbonyl (C=O) groups is 4. The number of ether oxygens (including phenoxy) is 1. The number of carbonyl (C=O) groups excluding carboxylic acids is 3. The molecule has 3 amide bonds. The molecule has 10 nitrogen and oxygen atoms in total. The van der Waals surface area contributed by atoms with Gasteiger partial charge in [0.05, 0.1) is 12.1 Å². The second-order valence-electron chi connectivity index (χ2n) is 7.06. The highest BCUT2D eigenvalue weighted by molar-refractivity contribution is 5.99. The Kier molecular flexibility index (Phi) is 8.60. The average molecular weight is 420 g/mol. The second-order valence-corrected chi connectivity index (χ2v) is 7.06. The molecule has 10 heteroatoms. The van der Waals surface area contributed by atoms with Crippen LogP contribution in [0.5, 0.6) is 5.75 Å². The number of fused-ring (bicyclic) bond motifs is 1. The van der Waals surface area contributed by atoms with Crippen LogP contribution in [-0.4, -0.2) is 72.5 Å². The highest BCUT2D eigenvalue weighted by Crippen LogP contribution is 2.18. The number of nitrogens with one attached hydrogen (secondary N) is 2. The standard InChI is InChI=1S/C20H28N4O6/c1-24-11-12-30-16-7-3-2-5-13(16)18(26)23-15(20(28)29)8-9-17(25)22-14(19(24)27)6-4-10-21/h2-3,5,7,14-15H,4,6,8-12,21H2,1H3,(H,22,25)(H,23,26)(H,28,29)/t14-,15-/m0/s1. The van der Waals surface area contributed by atoms with Crippen molar-refractivity contribution in [2.45, 2.75) is 37.8 Å². The van der Waals surface area contributed by atoms with Crippen LogP contribution in [0, 0.1) is 0 Å². The lowest BCUT2D eigenvalue weighted by Gasteiger charge is -2.25. The summed E-state index contributed by atoms with van der Waals surface area (Å²) in [6, 6.07) is 4.42. The molecule has 0 aromatic heterocycles. The molecule has 0 fully saturated rings. The predicted molar refractivity (Wildman–Crippen MR) is 108 cm³/mol. The Bertz CT molecular complexity index is 784. The first kappa shape index (κ1) is 23.1. The molecule has 1 aliphatic rings. The Labute approximate surface area is 174 Å². The van der Waals surface area contributed by atoms with Gasteiger partial charge in [-0.1, -0.05) is 12.1 Å². The van der Waals surface area contributed by atoms with Crippen molar-refractivity contribution in [3.8, 4) is 5.75 Å². The summed E-state index contributed by atoms with van der Waals surface area (Å²) in [5.74, 6) is -2.34. The van der Waals surface area contributed by atoms with E-state index in [0.29, 0.717) is 19.4 Å². The number of carboxylic acid groups (broad SMARTS) is 1. The van der Waals surface area contributed by atoms with E-state index in [9.17, 15) is 24.3 Å². The number of likely N-dealkylation sites (N-methyl/N-ethyl adjacent to an activating group) is 1. The molecule has 0 saturated heterocycles. The fourth-order valence-electron chi connectivity index (χ4n) is 3.06. The van der Waals surface area contributed by atoms with Gasteiger partial charge in [0.25, 0.3) is 5.91 Å². The number of benzene rings is 1. The molecule has 1 aliphatic heterocycles. The van der Waals surface area contributed by atoms with Crippen LogP contribution in [-0.2, 0) is 14.4 Å². The fraction of sp³-hybridized carbons (Fsp3) is 0.500. The van der Waals surface area contributed by atoms with Gasteiger partial charge in [-0.05, 0) is 37.9 Å². The molecule has 2 atom stereocenters. The van der Waals surface area contributed by atoms with Gasteiger partial charge in [-0.3, -0.25) is 14.4 Å². The summed E-state index contributed by atoms with van der Waals surface area (Å²) in [4.78, 5) is 50.7. The van der Waals surface area contributed by atoms with Crippen molar-refractivity contribution >= 4 is 23.7 Å². The van der Waals surface area contributed by atoms with Crippen LogP contribution in [0.2, 0.25) is 0 Å². The lowest BCUT2D eigenvalue weighted by Crippen LogP contribution is -2.48. The third kappa shape index (κ3) is 6.45. The number of aliphatic carboxylic acids is 1. The maximum atomic E-state index is 12.8. The maximum Gasteiger partial charge on any atom is 0.326 e. The number of nitrogens with two attached hydrogens (primary N) is 1. The summed E-state index contributed by atoms with van der Waals surface area (Å²) in [6.45, 7) is 0.727. The van der Waals surface area contributed by atoms with E-state index in [-0.39, 0.29) is 43.2 Å². The summed E-state index contributed by atoms with van der Waals surface area (Å²) in [7, 11) is 1.60. The van der Waals surface area contributed by atoms with Crippen LogP contribution in [0.4, 0.5) is 0 Å². The number of rotatable bonds is 4. The van der Waals surface area contributed by atoms with E-state index in [1.54, 1.807) is 25.2 Å². The first-order chi connectivity index (χ1) is 14.3. The Morgan fingerprint density at radius 2 is 2.00 bits per heavy atom. The van der Waals surface area contributed by atoms with Crippen molar-refractivity contribution < 1.29 is 29.0 Å². The molecular formula is C20H28N4O6. The SMILES string of the molecule is CN1CCOc2ccccc2C(=O)N[C@H](C(=O)O)CCC(=O)N[C@@H](CCCN)C1=O. The quantitative estimate of drug-likeness (QED) is 0.523. The van der Waals surface area contributed by atoms with Crippen molar-refractivity contribution in [2.75, 3.05) is 26.7 Å². The van der Waals surface area contributed by atoms with Gasteiger partial charge in [0, 0.05) is 13.5 Å². The van der Waals surface area contributed by atoms with Gasteiger partial charge in [0.15, 0.2) is 0 Å². The second kappa shape index (κ2) is 11.1. The molecule has 30 heavy (non-hydrogen) atoms. The molecule has 0 aliphatic carbocycles. The van der Waals surface area contributed by atoms with Crippen LogP contribution in [0.1, 0.15) is 36.0 Å². The van der Waals surface area contributed by atoms with Gasteiger partial charge in [-0.15, -0.1) is 0 Å². The van der Waals surface area contributed by atoms with E-state index < -0.39 is 29.9 Å². The number of hydrogen-bond donors (Lipinski definition) is 4. The van der Waals surface area contributed by atoms with Crippen molar-refractivity contribution in [3.05, 3.63) is 29.8 Å². The minimum absolute atomic E-state index is 0.118. The van der Waals surface area contributed by atoms with Gasteiger partial charge >= 0.3 is 5.97 Å². The molecule has 0 bridgehead atoms. The van der Waals surface area contributed by atoms with Gasteiger partial charge in [0.2, 0.25) is 11.8 Å². The predicted octanol–water partition coefficient (Wildman–Crippen LogP) is -0.276. The molecule has 1 aromatic rings. The molecule has 1 aromatic carbocycles. The Morgan fingerprint density at radius 1 is 1.27 bits per heavy atom. The normalized spacial score (nSPS) is 21.4. The van der Waals surface area contributed by atoms with E-state index in [2.05, 4.69) is 10.6 Å². The van der Waals surface area contributed by atoms with Crippen LogP contribution in [0.3, 0.4) is 0 Å². The first-order valence-corrected chi connectivity index (χ1v) is 9.83. The Hall–Kier alpha value is -3.14. The van der Waals surface area contributed by atoms with E-state index in [1.165, 1.54) is 11.0 Å². The Morgan fingerprint density at radius 3 is 2.70 bits per heavy atom. The first-order valence-electron chi connectivity index (χ1n) is 9.83. The van der Waals surface area contributed by atoms with Crippen molar-refractivity contribution in [1.82, 2.24) is 15.5 Å². The number of para-hydroxylation sites is 1. The van der Waals surface area contributed by atoms with E-state index >= 15 is 0 Å². The van der Waals surface area contributed by atoms with Crippen molar-refractivity contribution in [3.63, 3.8) is 0 Å². The van der Waals surface area contributed by atoms with E-state index in [4.69, 9.17) is 10.5 Å². The maximum absolute atomic E-state index is 12.8. The van der Waals surface area contributed by atoms with Crippen molar-refractivity contribution in [2.24, 2.45) is 5.73 Å². The zero-order valence-electron chi connectivity index (χ0n) is 16.9. The molecule has 0 unspecified atom stereocenters. The summed E-state index contributed by atoms with van der Waals surface area (Å²) < 4.78 is 5.68. The highest BCUT2D eigenvalue weighted by atomic mass is 16.5. The number of nitrogens with zero attached hydrogens (tertiary/aromatic N) is 1. The average Bonchev–Trinajstić information content (AvgIpc) is 2.72. The molecule has 5 N–H and O–H groups in total. The lowest BCUT2D eigenvalue weighted by atomic mass is 10.1. The molecule has 2 rings (SSSR count). The molecule has 0 spiro atoms. The van der Waals surface area contributed by atoms with Crippen LogP contribution < -0.4 is 21.1 Å². The zero-order chi connectivity index (χ0) is 22.1. The molecule has 1 heterocycles. The van der Waals surface area contributed by atoms with E-state index in [1.807, 2.05) is 0 Å². The van der Waals surface area contributed by atoms with Crippen LogP contribution in [0.15, 0.2) is 24.3 Å². The van der Waals surface area contributed by atoms with Gasteiger partial charge in [0.1, 0.15) is 24.4 Å². The number of carboxylic acids is 1. The monoisotopic (exact) mass is 420 g/mol. The molecule has 164 valence electrons. The molecule has 0 radical (unpaired) electrons. The van der Waals surface area contributed by atoms with Crippen LogP contribution >= 0.6 is 0 Å². The third-order valence-corrected chi connectivity index (χ3v) is 4.79. The summed E-state index contributed by atoms with van der Waals surface area (Å²) in [5, 5.41) is 14.5. The topological polar surface area (TPSA) is 151 Å². The van der Waals surface area contributed by atoms with Gasteiger partial charge in [-0.25, -0.2) is 4.79 Å².